The van der Waals surface area contributed by atoms with Crippen LogP contribution in [0, 0.1) is 0 Å². The molecule has 0 fully saturated rings. The van der Waals surface area contributed by atoms with E-state index < -0.39 is 21.2 Å². The van der Waals surface area contributed by atoms with Crippen LogP contribution in [0.15, 0.2) is 11.6 Å². The Hall–Kier alpha value is -0.920. The second-order valence-electron chi connectivity index (χ2n) is 3.85. The van der Waals surface area contributed by atoms with E-state index in [9.17, 15) is 13.2 Å². The Morgan fingerprint density at radius 1 is 1.65 bits per heavy atom. The van der Waals surface area contributed by atoms with Crippen LogP contribution in [0.1, 0.15) is 13.3 Å². The van der Waals surface area contributed by atoms with Crippen molar-refractivity contribution >= 4 is 16.0 Å². The smallest absolute Gasteiger partial charge is 0.325 e. The molecule has 0 aliphatic carbocycles. The molecule has 0 aromatic heterocycles. The fourth-order valence-corrected chi connectivity index (χ4v) is 2.43. The van der Waals surface area contributed by atoms with Crippen molar-refractivity contribution in [2.75, 3.05) is 26.7 Å². The summed E-state index contributed by atoms with van der Waals surface area (Å²) in [6.07, 6.45) is 2.77. The van der Waals surface area contributed by atoms with Crippen molar-refractivity contribution in [2.24, 2.45) is 0 Å². The number of rotatable bonds is 5. The van der Waals surface area contributed by atoms with Crippen LogP contribution in [0.3, 0.4) is 0 Å². The summed E-state index contributed by atoms with van der Waals surface area (Å²) < 4.78 is 30.3. The summed E-state index contributed by atoms with van der Waals surface area (Å²) in [4.78, 5) is 11.1. The zero-order chi connectivity index (χ0) is 12.9. The van der Waals surface area contributed by atoms with Gasteiger partial charge in [0.05, 0.1) is 7.11 Å². The maximum atomic E-state index is 11.7. The summed E-state index contributed by atoms with van der Waals surface area (Å²) in [5.74, 6) is -0.753. The molecule has 7 heteroatoms. The van der Waals surface area contributed by atoms with Crippen molar-refractivity contribution in [2.45, 2.75) is 18.6 Å². The Balaban J connectivity index is 2.55. The number of carbonyl (C=O) groups excluding carboxylic acids is 1. The van der Waals surface area contributed by atoms with E-state index >= 15 is 0 Å². The molecular weight excluding hydrogens is 244 g/mol. The predicted octanol–water partition coefficient (Wildman–Crippen LogP) is -0.613. The first-order valence-corrected chi connectivity index (χ1v) is 6.97. The Labute approximate surface area is 101 Å². The van der Waals surface area contributed by atoms with Crippen molar-refractivity contribution < 1.29 is 17.9 Å². The van der Waals surface area contributed by atoms with Crippen LogP contribution in [0.2, 0.25) is 0 Å². The lowest BCUT2D eigenvalue weighted by atomic mass is 10.1. The van der Waals surface area contributed by atoms with Gasteiger partial charge >= 0.3 is 5.97 Å². The molecule has 0 bridgehead atoms. The maximum Gasteiger partial charge on any atom is 0.325 e. The first-order valence-electron chi connectivity index (χ1n) is 5.42. The number of esters is 1. The number of carbonyl (C=O) groups is 1. The van der Waals surface area contributed by atoms with Gasteiger partial charge in [0.2, 0.25) is 10.0 Å². The first kappa shape index (κ1) is 14.1. The number of nitrogens with one attached hydrogen (secondary N) is 2. The van der Waals surface area contributed by atoms with Gasteiger partial charge in [0.1, 0.15) is 0 Å². The molecule has 0 saturated heterocycles. The molecule has 0 aromatic rings. The largest absolute Gasteiger partial charge is 0.468 e. The van der Waals surface area contributed by atoms with E-state index in [2.05, 4.69) is 14.8 Å². The molecule has 98 valence electrons. The zero-order valence-electron chi connectivity index (χ0n) is 10.0. The van der Waals surface area contributed by atoms with E-state index in [1.54, 1.807) is 0 Å². The van der Waals surface area contributed by atoms with Crippen LogP contribution in [-0.4, -0.2) is 46.4 Å². The standard InChI is InChI=1S/C10H18N2O4S/c1-8(10(13)16-2)17(14,15)12-7-9-3-5-11-6-4-9/h3,8,11-12H,4-7H2,1-2H3. The van der Waals surface area contributed by atoms with Gasteiger partial charge < -0.3 is 10.1 Å². The minimum atomic E-state index is -3.66. The molecule has 1 rings (SSSR count). The number of methoxy groups -OCH3 is 1. The second-order valence-corrected chi connectivity index (χ2v) is 5.93. The van der Waals surface area contributed by atoms with E-state index in [-0.39, 0.29) is 6.54 Å². The average Bonchev–Trinajstić information content (AvgIpc) is 2.36. The van der Waals surface area contributed by atoms with Gasteiger partial charge in [-0.25, -0.2) is 13.1 Å². The third-order valence-corrected chi connectivity index (χ3v) is 4.33. The fraction of sp³-hybridized carbons (Fsp3) is 0.700. The number of hydrogen-bond donors (Lipinski definition) is 2. The van der Waals surface area contributed by atoms with Crippen LogP contribution in [0.25, 0.3) is 0 Å². The third kappa shape index (κ3) is 4.10. The number of hydrogen-bond acceptors (Lipinski definition) is 5. The van der Waals surface area contributed by atoms with Crippen LogP contribution in [-0.2, 0) is 19.6 Å². The van der Waals surface area contributed by atoms with Gasteiger partial charge in [0.25, 0.3) is 0 Å². The third-order valence-electron chi connectivity index (χ3n) is 2.66. The van der Waals surface area contributed by atoms with Gasteiger partial charge in [-0.2, -0.15) is 0 Å². The lowest BCUT2D eigenvalue weighted by molar-refractivity contribution is -0.139. The van der Waals surface area contributed by atoms with Crippen LogP contribution in [0.4, 0.5) is 0 Å². The highest BCUT2D eigenvalue weighted by Gasteiger charge is 2.28. The molecule has 1 heterocycles. The van der Waals surface area contributed by atoms with E-state index in [4.69, 9.17) is 0 Å². The van der Waals surface area contributed by atoms with Gasteiger partial charge in [-0.1, -0.05) is 11.6 Å². The molecule has 0 aromatic carbocycles. The van der Waals surface area contributed by atoms with Crippen molar-refractivity contribution in [3.05, 3.63) is 11.6 Å². The van der Waals surface area contributed by atoms with E-state index in [0.29, 0.717) is 0 Å². The molecule has 17 heavy (non-hydrogen) atoms. The van der Waals surface area contributed by atoms with Crippen molar-refractivity contribution in [3.63, 3.8) is 0 Å². The summed E-state index contributed by atoms with van der Waals surface area (Å²) >= 11 is 0. The van der Waals surface area contributed by atoms with Crippen LogP contribution in [0.5, 0.6) is 0 Å². The van der Waals surface area contributed by atoms with Crippen molar-refractivity contribution in [1.82, 2.24) is 10.0 Å². The fourth-order valence-electron chi connectivity index (χ4n) is 1.44. The van der Waals surface area contributed by atoms with Gasteiger partial charge in [0, 0.05) is 13.1 Å². The molecular formula is C10H18N2O4S. The Kier molecular flexibility index (Phi) is 5.10. The molecule has 1 aliphatic heterocycles. The molecule has 0 amide bonds. The minimum Gasteiger partial charge on any atom is -0.468 e. The molecule has 0 saturated carbocycles. The van der Waals surface area contributed by atoms with Gasteiger partial charge in [-0.05, 0) is 19.9 Å². The summed E-state index contributed by atoms with van der Waals surface area (Å²) in [7, 11) is -2.49. The monoisotopic (exact) mass is 262 g/mol. The van der Waals surface area contributed by atoms with Crippen LogP contribution < -0.4 is 10.0 Å². The second kappa shape index (κ2) is 6.13. The lowest BCUT2D eigenvalue weighted by Crippen LogP contribution is -2.39. The summed E-state index contributed by atoms with van der Waals surface area (Å²) in [6, 6.07) is 0. The maximum absolute atomic E-state index is 11.7. The van der Waals surface area contributed by atoms with Gasteiger partial charge in [-0.15, -0.1) is 0 Å². The van der Waals surface area contributed by atoms with Crippen molar-refractivity contribution in [3.8, 4) is 0 Å². The minimum absolute atomic E-state index is 0.255. The predicted molar refractivity (Wildman–Crippen MR) is 64.0 cm³/mol. The summed E-state index contributed by atoms with van der Waals surface area (Å²) in [5, 5.41) is 1.95. The molecule has 1 aliphatic rings. The quantitative estimate of drug-likeness (QED) is 0.510. The molecule has 0 radical (unpaired) electrons. The van der Waals surface area contributed by atoms with Crippen LogP contribution >= 0.6 is 0 Å². The number of ether oxygens (including phenoxy) is 1. The van der Waals surface area contributed by atoms with E-state index in [0.717, 1.165) is 25.1 Å². The highest BCUT2D eigenvalue weighted by molar-refractivity contribution is 7.90. The summed E-state index contributed by atoms with van der Waals surface area (Å²) in [5.41, 5.74) is 1.03. The van der Waals surface area contributed by atoms with E-state index in [1.807, 2.05) is 6.08 Å². The molecule has 1 unspecified atom stereocenters. The number of sulfonamides is 1. The Morgan fingerprint density at radius 2 is 2.35 bits per heavy atom. The lowest BCUT2D eigenvalue weighted by Gasteiger charge is -2.16. The Morgan fingerprint density at radius 3 is 2.88 bits per heavy atom. The van der Waals surface area contributed by atoms with E-state index in [1.165, 1.54) is 14.0 Å². The molecule has 2 N–H and O–H groups in total. The Bertz CT molecular complexity index is 403. The molecule has 0 spiro atoms. The topological polar surface area (TPSA) is 84.5 Å². The average molecular weight is 262 g/mol. The van der Waals surface area contributed by atoms with Gasteiger partial charge in [0.15, 0.2) is 5.25 Å². The summed E-state index contributed by atoms with van der Waals surface area (Å²) in [6.45, 7) is 3.17. The molecule has 1 atom stereocenters. The van der Waals surface area contributed by atoms with Gasteiger partial charge in [-0.3, -0.25) is 4.79 Å². The highest BCUT2D eigenvalue weighted by Crippen LogP contribution is 2.05. The highest BCUT2D eigenvalue weighted by atomic mass is 32.2. The first-order chi connectivity index (χ1) is 7.97. The normalized spacial score (nSPS) is 18.4. The zero-order valence-corrected chi connectivity index (χ0v) is 10.8. The SMILES string of the molecule is COC(=O)C(C)S(=O)(=O)NCC1=CCNCC1. The van der Waals surface area contributed by atoms with Crippen molar-refractivity contribution in [1.29, 1.82) is 0 Å². The molecule has 6 nitrogen and oxygen atoms in total.